The van der Waals surface area contributed by atoms with Gasteiger partial charge in [0.25, 0.3) is 5.91 Å². The highest BCUT2D eigenvalue weighted by Crippen LogP contribution is 2.04. The van der Waals surface area contributed by atoms with Gasteiger partial charge in [-0.3, -0.25) is 9.59 Å². The van der Waals surface area contributed by atoms with Gasteiger partial charge < -0.3 is 5.32 Å². The quantitative estimate of drug-likeness (QED) is 0.651. The monoisotopic (exact) mass is 188 g/mol. The Hall–Kier alpha value is -1.97. The van der Waals surface area contributed by atoms with E-state index in [0.717, 1.165) is 5.56 Å². The third-order valence-corrected chi connectivity index (χ3v) is 1.85. The van der Waals surface area contributed by atoms with Crippen molar-refractivity contribution in [3.63, 3.8) is 0 Å². The molecule has 0 atom stereocenters. The van der Waals surface area contributed by atoms with Crippen molar-refractivity contribution in [3.8, 4) is 0 Å². The van der Waals surface area contributed by atoms with Gasteiger partial charge in [0, 0.05) is 5.56 Å². The average Bonchev–Trinajstić information content (AvgIpc) is 2.18. The van der Waals surface area contributed by atoms with Gasteiger partial charge >= 0.3 is 0 Å². The second-order valence-corrected chi connectivity index (χ2v) is 2.95. The number of amides is 2. The van der Waals surface area contributed by atoms with Crippen molar-refractivity contribution in [3.05, 3.63) is 35.9 Å². The van der Waals surface area contributed by atoms with E-state index in [4.69, 9.17) is 0 Å². The highest BCUT2D eigenvalue weighted by atomic mass is 16.2. The van der Waals surface area contributed by atoms with E-state index in [1.54, 1.807) is 12.1 Å². The van der Waals surface area contributed by atoms with Crippen LogP contribution in [0.3, 0.4) is 0 Å². The van der Waals surface area contributed by atoms with Crippen LogP contribution in [0.15, 0.2) is 35.3 Å². The van der Waals surface area contributed by atoms with Gasteiger partial charge in [0.05, 0.1) is 0 Å². The topological polar surface area (TPSA) is 58.5 Å². The summed E-state index contributed by atoms with van der Waals surface area (Å²) in [5, 5.41) is 2.55. The molecule has 0 spiro atoms. The van der Waals surface area contributed by atoms with Crippen molar-refractivity contribution in [2.45, 2.75) is 6.42 Å². The summed E-state index contributed by atoms with van der Waals surface area (Å²) in [6.07, 6.45) is -0.156. The smallest absolute Gasteiger partial charge is 0.257 e. The SMILES string of the molecule is O=C1CC(=O)NC(c2ccccc2)=N1. The summed E-state index contributed by atoms with van der Waals surface area (Å²) >= 11 is 0. The summed E-state index contributed by atoms with van der Waals surface area (Å²) in [7, 11) is 0. The first kappa shape index (κ1) is 8.62. The Morgan fingerprint density at radius 2 is 1.86 bits per heavy atom. The van der Waals surface area contributed by atoms with Gasteiger partial charge in [-0.1, -0.05) is 30.3 Å². The maximum Gasteiger partial charge on any atom is 0.257 e. The molecule has 0 aliphatic carbocycles. The molecular weight excluding hydrogens is 180 g/mol. The summed E-state index contributed by atoms with van der Waals surface area (Å²) in [6.45, 7) is 0. The van der Waals surface area contributed by atoms with Crippen LogP contribution in [0.4, 0.5) is 0 Å². The van der Waals surface area contributed by atoms with Crippen molar-refractivity contribution in [2.75, 3.05) is 0 Å². The van der Waals surface area contributed by atoms with E-state index in [1.165, 1.54) is 0 Å². The van der Waals surface area contributed by atoms with E-state index < -0.39 is 5.91 Å². The zero-order valence-corrected chi connectivity index (χ0v) is 7.36. The van der Waals surface area contributed by atoms with Crippen molar-refractivity contribution >= 4 is 17.6 Å². The maximum atomic E-state index is 11.0. The molecule has 2 amide bonds. The number of benzene rings is 1. The van der Waals surface area contributed by atoms with E-state index in [2.05, 4.69) is 10.3 Å². The fraction of sp³-hybridized carbons (Fsp3) is 0.100. The lowest BCUT2D eigenvalue weighted by atomic mass is 10.2. The van der Waals surface area contributed by atoms with Gasteiger partial charge in [0.1, 0.15) is 12.3 Å². The minimum Gasteiger partial charge on any atom is -0.310 e. The van der Waals surface area contributed by atoms with E-state index in [0.29, 0.717) is 5.84 Å². The van der Waals surface area contributed by atoms with Gasteiger partial charge in [-0.05, 0) is 0 Å². The highest BCUT2D eigenvalue weighted by molar-refractivity contribution is 6.19. The van der Waals surface area contributed by atoms with Gasteiger partial charge in [0.2, 0.25) is 5.91 Å². The number of carbonyl (C=O) groups is 2. The van der Waals surface area contributed by atoms with Crippen LogP contribution in [0.5, 0.6) is 0 Å². The number of hydrogen-bond donors (Lipinski definition) is 1. The molecule has 0 radical (unpaired) electrons. The largest absolute Gasteiger partial charge is 0.310 e. The average molecular weight is 188 g/mol. The summed E-state index contributed by atoms with van der Waals surface area (Å²) in [5.41, 5.74) is 0.744. The Morgan fingerprint density at radius 1 is 1.14 bits per heavy atom. The first-order valence-corrected chi connectivity index (χ1v) is 4.22. The Morgan fingerprint density at radius 3 is 2.50 bits per heavy atom. The predicted octanol–water partition coefficient (Wildman–Crippen LogP) is 0.480. The van der Waals surface area contributed by atoms with Crippen LogP contribution in [0.25, 0.3) is 0 Å². The molecule has 0 saturated heterocycles. The number of carbonyl (C=O) groups excluding carboxylic acids is 2. The van der Waals surface area contributed by atoms with Gasteiger partial charge in [-0.2, -0.15) is 4.99 Å². The molecule has 4 heteroatoms. The molecule has 0 unspecified atom stereocenters. The van der Waals surface area contributed by atoms with Crippen LogP contribution in [0, 0.1) is 0 Å². The van der Waals surface area contributed by atoms with Crippen molar-refractivity contribution in [1.29, 1.82) is 0 Å². The van der Waals surface area contributed by atoms with Crippen molar-refractivity contribution in [2.24, 2.45) is 4.99 Å². The molecule has 1 heterocycles. The van der Waals surface area contributed by atoms with E-state index in [-0.39, 0.29) is 12.3 Å². The lowest BCUT2D eigenvalue weighted by Gasteiger charge is -2.11. The number of rotatable bonds is 1. The first-order valence-electron chi connectivity index (χ1n) is 4.22. The van der Waals surface area contributed by atoms with Crippen LogP contribution < -0.4 is 5.32 Å². The number of aliphatic imine (C=N–C) groups is 1. The zero-order valence-electron chi connectivity index (χ0n) is 7.36. The lowest BCUT2D eigenvalue weighted by Crippen LogP contribution is -2.37. The lowest BCUT2D eigenvalue weighted by molar-refractivity contribution is -0.127. The van der Waals surface area contributed by atoms with E-state index in [9.17, 15) is 9.59 Å². The molecule has 1 aliphatic rings. The minimum atomic E-state index is -0.396. The predicted molar refractivity (Wildman–Crippen MR) is 50.7 cm³/mol. The van der Waals surface area contributed by atoms with Crippen LogP contribution in [-0.2, 0) is 9.59 Å². The third kappa shape index (κ3) is 1.69. The van der Waals surface area contributed by atoms with Crippen LogP contribution >= 0.6 is 0 Å². The molecule has 1 aliphatic heterocycles. The van der Waals surface area contributed by atoms with Gasteiger partial charge in [-0.25, -0.2) is 0 Å². The van der Waals surface area contributed by atoms with Crippen LogP contribution in [-0.4, -0.2) is 17.6 Å². The third-order valence-electron chi connectivity index (χ3n) is 1.85. The highest BCUT2D eigenvalue weighted by Gasteiger charge is 2.18. The molecule has 70 valence electrons. The molecule has 14 heavy (non-hydrogen) atoms. The molecule has 2 rings (SSSR count). The number of nitrogens with one attached hydrogen (secondary N) is 1. The van der Waals surface area contributed by atoms with E-state index >= 15 is 0 Å². The van der Waals surface area contributed by atoms with E-state index in [1.807, 2.05) is 18.2 Å². The summed E-state index contributed by atoms with van der Waals surface area (Å²) < 4.78 is 0. The molecule has 0 saturated carbocycles. The Kier molecular flexibility index (Phi) is 2.10. The first-order chi connectivity index (χ1) is 6.75. The zero-order chi connectivity index (χ0) is 9.97. The fourth-order valence-corrected chi connectivity index (χ4v) is 1.24. The Balaban J connectivity index is 2.35. The normalized spacial score (nSPS) is 16.1. The Bertz CT molecular complexity index is 409. The summed E-state index contributed by atoms with van der Waals surface area (Å²) in [5.74, 6) is -0.358. The van der Waals surface area contributed by atoms with Crippen LogP contribution in [0.1, 0.15) is 12.0 Å². The fourth-order valence-electron chi connectivity index (χ4n) is 1.24. The molecule has 0 bridgehead atoms. The maximum absolute atomic E-state index is 11.0. The molecule has 1 aromatic carbocycles. The second kappa shape index (κ2) is 3.41. The molecule has 4 nitrogen and oxygen atoms in total. The molecule has 1 N–H and O–H groups in total. The number of nitrogens with zero attached hydrogens (tertiary/aromatic N) is 1. The van der Waals surface area contributed by atoms with Crippen molar-refractivity contribution < 1.29 is 9.59 Å². The summed E-state index contributed by atoms with van der Waals surface area (Å²) in [4.78, 5) is 25.8. The summed E-state index contributed by atoms with van der Waals surface area (Å²) in [6, 6.07) is 9.08. The minimum absolute atomic E-state index is 0.156. The number of hydrogen-bond acceptors (Lipinski definition) is 2. The Labute approximate surface area is 80.7 Å². The van der Waals surface area contributed by atoms with Gasteiger partial charge in [-0.15, -0.1) is 0 Å². The standard InChI is InChI=1S/C10H8N2O2/c13-8-6-9(14)12-10(11-8)7-4-2-1-3-5-7/h1-5H,6H2,(H,11,12,13,14). The van der Waals surface area contributed by atoms with Crippen molar-refractivity contribution in [1.82, 2.24) is 5.32 Å². The number of amidine groups is 1. The van der Waals surface area contributed by atoms with Crippen LogP contribution in [0.2, 0.25) is 0 Å². The second-order valence-electron chi connectivity index (χ2n) is 2.95. The molecular formula is C10H8N2O2. The molecule has 0 aromatic heterocycles. The van der Waals surface area contributed by atoms with Gasteiger partial charge in [0.15, 0.2) is 0 Å². The molecule has 0 fully saturated rings. The molecule has 1 aromatic rings.